The number of halogens is 3. The highest BCUT2D eigenvalue weighted by Gasteiger charge is 2.34. The topological polar surface area (TPSA) is 70.4 Å². The van der Waals surface area contributed by atoms with Crippen LogP contribution in [0.5, 0.6) is 0 Å². The lowest BCUT2D eigenvalue weighted by Gasteiger charge is -2.19. The fraction of sp³-hybridized carbons (Fsp3) is 0.833. The molecule has 1 saturated heterocycles. The number of aryl methyl sites for hydroxylation is 2. The maximum absolute atomic E-state index is 12.5. The molecule has 1 aromatic rings. The SMILES string of the molecule is CN=C(NCCCc1nnc2n1CCCCC2)NC1CCN(CC(F)(F)F)C1. The van der Waals surface area contributed by atoms with Crippen molar-refractivity contribution in [2.75, 3.05) is 33.2 Å². The maximum Gasteiger partial charge on any atom is 0.401 e. The highest BCUT2D eigenvalue weighted by atomic mass is 19.4. The molecular formula is C18H30F3N7. The number of aliphatic imine (C=N–C) groups is 1. The fourth-order valence-corrected chi connectivity index (χ4v) is 3.92. The van der Waals surface area contributed by atoms with Gasteiger partial charge in [-0.3, -0.25) is 9.89 Å². The zero-order chi connectivity index (χ0) is 20.0. The Morgan fingerprint density at radius 3 is 2.86 bits per heavy atom. The number of likely N-dealkylation sites (tertiary alicyclic amines) is 1. The zero-order valence-corrected chi connectivity index (χ0v) is 16.4. The molecule has 0 spiro atoms. The lowest BCUT2D eigenvalue weighted by Crippen LogP contribution is -2.45. The predicted octanol–water partition coefficient (Wildman–Crippen LogP) is 1.74. The normalized spacial score (nSPS) is 21.4. The van der Waals surface area contributed by atoms with Gasteiger partial charge in [0.15, 0.2) is 5.96 Å². The third-order valence-electron chi connectivity index (χ3n) is 5.30. The molecule has 1 unspecified atom stereocenters. The molecule has 158 valence electrons. The lowest BCUT2D eigenvalue weighted by atomic mass is 10.2. The van der Waals surface area contributed by atoms with Gasteiger partial charge in [-0.2, -0.15) is 13.2 Å². The van der Waals surface area contributed by atoms with Gasteiger partial charge in [0.1, 0.15) is 11.6 Å². The van der Waals surface area contributed by atoms with Crippen molar-refractivity contribution in [3.8, 4) is 0 Å². The number of nitrogens with one attached hydrogen (secondary N) is 2. The van der Waals surface area contributed by atoms with Crippen LogP contribution < -0.4 is 10.6 Å². The Labute approximate surface area is 163 Å². The van der Waals surface area contributed by atoms with E-state index in [0.29, 0.717) is 25.5 Å². The summed E-state index contributed by atoms with van der Waals surface area (Å²) >= 11 is 0. The van der Waals surface area contributed by atoms with E-state index in [2.05, 4.69) is 30.4 Å². The summed E-state index contributed by atoms with van der Waals surface area (Å²) < 4.78 is 39.8. The molecule has 2 N–H and O–H groups in total. The summed E-state index contributed by atoms with van der Waals surface area (Å²) in [6.45, 7) is 1.71. The highest BCUT2D eigenvalue weighted by molar-refractivity contribution is 5.79. The average molecular weight is 401 g/mol. The van der Waals surface area contributed by atoms with E-state index in [1.54, 1.807) is 7.05 Å². The molecule has 0 bridgehead atoms. The van der Waals surface area contributed by atoms with Crippen molar-refractivity contribution in [2.24, 2.45) is 4.99 Å². The minimum atomic E-state index is -4.14. The Morgan fingerprint density at radius 1 is 1.21 bits per heavy atom. The quantitative estimate of drug-likeness (QED) is 0.432. The number of aromatic nitrogens is 3. The van der Waals surface area contributed by atoms with Crippen molar-refractivity contribution < 1.29 is 13.2 Å². The van der Waals surface area contributed by atoms with Crippen LogP contribution in [0, 0.1) is 0 Å². The van der Waals surface area contributed by atoms with Crippen molar-refractivity contribution >= 4 is 5.96 Å². The second kappa shape index (κ2) is 9.58. The van der Waals surface area contributed by atoms with Crippen molar-refractivity contribution in [1.82, 2.24) is 30.3 Å². The first-order valence-electron chi connectivity index (χ1n) is 10.1. The first kappa shape index (κ1) is 20.9. The second-order valence-electron chi connectivity index (χ2n) is 7.58. The number of alkyl halides is 3. The smallest absolute Gasteiger partial charge is 0.356 e. The summed E-state index contributed by atoms with van der Waals surface area (Å²) in [5.41, 5.74) is 0. The average Bonchev–Trinajstić information content (AvgIpc) is 3.15. The minimum Gasteiger partial charge on any atom is -0.356 e. The van der Waals surface area contributed by atoms with Gasteiger partial charge in [-0.05, 0) is 25.7 Å². The van der Waals surface area contributed by atoms with Crippen LogP contribution in [-0.4, -0.2) is 71.1 Å². The Balaban J connectivity index is 1.38. The van der Waals surface area contributed by atoms with Gasteiger partial charge in [-0.25, -0.2) is 0 Å². The van der Waals surface area contributed by atoms with E-state index in [0.717, 1.165) is 44.0 Å². The van der Waals surface area contributed by atoms with Crippen molar-refractivity contribution in [3.05, 3.63) is 11.6 Å². The Morgan fingerprint density at radius 2 is 2.07 bits per heavy atom. The van der Waals surface area contributed by atoms with Crippen LogP contribution in [0.15, 0.2) is 4.99 Å². The molecule has 28 heavy (non-hydrogen) atoms. The lowest BCUT2D eigenvalue weighted by molar-refractivity contribution is -0.143. The molecule has 1 fully saturated rings. The van der Waals surface area contributed by atoms with E-state index < -0.39 is 12.7 Å². The van der Waals surface area contributed by atoms with Gasteiger partial charge in [0, 0.05) is 52.1 Å². The molecule has 1 atom stereocenters. The molecule has 2 aliphatic heterocycles. The molecule has 0 radical (unpaired) electrons. The van der Waals surface area contributed by atoms with E-state index in [1.807, 2.05) is 0 Å². The van der Waals surface area contributed by atoms with E-state index in [4.69, 9.17) is 0 Å². The highest BCUT2D eigenvalue weighted by Crippen LogP contribution is 2.20. The van der Waals surface area contributed by atoms with Gasteiger partial charge in [0.05, 0.1) is 6.54 Å². The molecule has 3 heterocycles. The van der Waals surface area contributed by atoms with E-state index in [-0.39, 0.29) is 6.04 Å². The Hall–Kier alpha value is -1.84. The number of hydrogen-bond donors (Lipinski definition) is 2. The zero-order valence-electron chi connectivity index (χ0n) is 16.4. The molecule has 7 nitrogen and oxygen atoms in total. The van der Waals surface area contributed by atoms with Crippen LogP contribution in [-0.2, 0) is 19.4 Å². The summed E-state index contributed by atoms with van der Waals surface area (Å²) in [5.74, 6) is 2.78. The fourth-order valence-electron chi connectivity index (χ4n) is 3.92. The Bertz CT molecular complexity index is 656. The van der Waals surface area contributed by atoms with Gasteiger partial charge in [-0.15, -0.1) is 10.2 Å². The van der Waals surface area contributed by atoms with Crippen molar-refractivity contribution in [2.45, 2.75) is 63.7 Å². The van der Waals surface area contributed by atoms with Crippen LogP contribution >= 0.6 is 0 Å². The summed E-state index contributed by atoms with van der Waals surface area (Å²) in [5, 5.41) is 15.1. The standard InChI is InChI=1S/C18H30F3N7/c1-22-17(24-14-8-11-27(12-14)13-18(19,20)21)23-9-5-7-16-26-25-15-6-3-2-4-10-28(15)16/h14H,2-13H2,1H3,(H2,22,23,24). The maximum atomic E-state index is 12.5. The van der Waals surface area contributed by atoms with Crippen LogP contribution in [0.1, 0.15) is 43.8 Å². The van der Waals surface area contributed by atoms with Gasteiger partial charge in [-0.1, -0.05) is 6.42 Å². The molecule has 3 rings (SSSR count). The first-order valence-corrected chi connectivity index (χ1v) is 10.1. The summed E-state index contributed by atoms with van der Waals surface area (Å²) in [4.78, 5) is 5.62. The third-order valence-corrected chi connectivity index (χ3v) is 5.30. The van der Waals surface area contributed by atoms with Gasteiger partial charge < -0.3 is 15.2 Å². The van der Waals surface area contributed by atoms with E-state index >= 15 is 0 Å². The number of guanidine groups is 1. The van der Waals surface area contributed by atoms with Gasteiger partial charge in [0.2, 0.25) is 0 Å². The minimum absolute atomic E-state index is 0.0131. The van der Waals surface area contributed by atoms with Gasteiger partial charge >= 0.3 is 6.18 Å². The number of hydrogen-bond acceptors (Lipinski definition) is 4. The first-order chi connectivity index (χ1) is 13.4. The predicted molar refractivity (Wildman–Crippen MR) is 101 cm³/mol. The second-order valence-corrected chi connectivity index (χ2v) is 7.58. The van der Waals surface area contributed by atoms with Crippen molar-refractivity contribution in [3.63, 3.8) is 0 Å². The summed E-state index contributed by atoms with van der Waals surface area (Å²) in [6.07, 6.45) is 2.90. The van der Waals surface area contributed by atoms with Crippen molar-refractivity contribution in [1.29, 1.82) is 0 Å². The molecule has 0 saturated carbocycles. The van der Waals surface area contributed by atoms with Crippen LogP contribution in [0.3, 0.4) is 0 Å². The van der Waals surface area contributed by atoms with Crippen LogP contribution in [0.4, 0.5) is 13.2 Å². The molecule has 1 aromatic heterocycles. The van der Waals surface area contributed by atoms with Crippen LogP contribution in [0.25, 0.3) is 0 Å². The van der Waals surface area contributed by atoms with Gasteiger partial charge in [0.25, 0.3) is 0 Å². The molecule has 0 aromatic carbocycles. The molecule has 10 heteroatoms. The number of fused-ring (bicyclic) bond motifs is 1. The molecule has 2 aliphatic rings. The molecule has 0 aliphatic carbocycles. The van der Waals surface area contributed by atoms with E-state index in [9.17, 15) is 13.2 Å². The number of nitrogens with zero attached hydrogens (tertiary/aromatic N) is 5. The van der Waals surface area contributed by atoms with Crippen LogP contribution in [0.2, 0.25) is 0 Å². The largest absolute Gasteiger partial charge is 0.401 e. The Kier molecular flexibility index (Phi) is 7.14. The van der Waals surface area contributed by atoms with E-state index in [1.165, 1.54) is 24.2 Å². The summed E-state index contributed by atoms with van der Waals surface area (Å²) in [6, 6.07) is -0.0131. The third kappa shape index (κ3) is 6.08. The summed E-state index contributed by atoms with van der Waals surface area (Å²) in [7, 11) is 1.68. The number of rotatable bonds is 6. The molecule has 0 amide bonds. The molecular weight excluding hydrogens is 371 g/mol. The monoisotopic (exact) mass is 401 g/mol.